The molecule has 0 aromatic heterocycles. The Hall–Kier alpha value is -2.85. The molecule has 0 aliphatic heterocycles. The van der Waals surface area contributed by atoms with E-state index in [1.165, 1.54) is 19.1 Å². The number of benzene rings is 2. The van der Waals surface area contributed by atoms with E-state index in [1.54, 1.807) is 13.0 Å². The number of rotatable bonds is 7. The summed E-state index contributed by atoms with van der Waals surface area (Å²) in [5, 5.41) is 2.16. The summed E-state index contributed by atoms with van der Waals surface area (Å²) in [6.07, 6.45) is -1.34. The molecule has 2 aromatic rings. The van der Waals surface area contributed by atoms with Crippen molar-refractivity contribution in [3.05, 3.63) is 59.2 Å². The fourth-order valence-electron chi connectivity index (χ4n) is 2.24. The number of carbonyl (C=O) groups is 2. The molecule has 0 spiro atoms. The van der Waals surface area contributed by atoms with Crippen molar-refractivity contribution < 1.29 is 31.5 Å². The molecule has 2 N–H and O–H groups in total. The molecule has 0 radical (unpaired) electrons. The van der Waals surface area contributed by atoms with Crippen LogP contribution >= 0.6 is 0 Å². The van der Waals surface area contributed by atoms with Gasteiger partial charge >= 0.3 is 5.97 Å². The fourth-order valence-corrected chi connectivity index (χ4v) is 3.29. The van der Waals surface area contributed by atoms with Crippen molar-refractivity contribution in [1.82, 2.24) is 4.72 Å². The molecule has 0 saturated carbocycles. The zero-order valence-electron chi connectivity index (χ0n) is 16.0. The number of carbonyl (C=O) groups excluding carboxylic acids is 2. The second-order valence-electron chi connectivity index (χ2n) is 6.32. The van der Waals surface area contributed by atoms with Crippen molar-refractivity contribution >= 4 is 27.6 Å². The predicted octanol–water partition coefficient (Wildman–Crippen LogP) is 2.43. The van der Waals surface area contributed by atoms with Crippen molar-refractivity contribution in [3.63, 3.8) is 0 Å². The Bertz CT molecular complexity index is 1040. The van der Waals surface area contributed by atoms with Gasteiger partial charge in [0.25, 0.3) is 5.91 Å². The van der Waals surface area contributed by atoms with Gasteiger partial charge in [0.15, 0.2) is 6.10 Å². The summed E-state index contributed by atoms with van der Waals surface area (Å²) < 4.78 is 57.9. The zero-order valence-corrected chi connectivity index (χ0v) is 16.8. The van der Waals surface area contributed by atoms with Gasteiger partial charge in [0.05, 0.1) is 10.6 Å². The van der Waals surface area contributed by atoms with E-state index in [-0.39, 0.29) is 10.6 Å². The van der Waals surface area contributed by atoms with Crippen LogP contribution in [0.3, 0.4) is 0 Å². The van der Waals surface area contributed by atoms with E-state index in [0.29, 0.717) is 6.07 Å². The molecule has 7 nitrogen and oxygen atoms in total. The lowest BCUT2D eigenvalue weighted by Crippen LogP contribution is -2.36. The molecular weight excluding hydrogens is 406 g/mol. The number of esters is 1. The first-order chi connectivity index (χ1) is 13.5. The summed E-state index contributed by atoms with van der Waals surface area (Å²) in [4.78, 5) is 23.8. The molecule has 0 saturated heterocycles. The molecule has 1 atom stereocenters. The minimum atomic E-state index is -3.95. The first kappa shape index (κ1) is 22.4. The largest absolute Gasteiger partial charge is 0.452 e. The minimum Gasteiger partial charge on any atom is -0.452 e. The number of hydrogen-bond acceptors (Lipinski definition) is 5. The quantitative estimate of drug-likeness (QED) is 0.662. The smallest absolute Gasteiger partial charge is 0.321 e. The average molecular weight is 426 g/mol. The number of anilines is 1. The lowest BCUT2D eigenvalue weighted by molar-refractivity contribution is -0.151. The van der Waals surface area contributed by atoms with Gasteiger partial charge in [-0.1, -0.05) is 6.07 Å². The van der Waals surface area contributed by atoms with Gasteiger partial charge in [-0.25, -0.2) is 17.2 Å². The number of ether oxygens (including phenoxy) is 1. The van der Waals surface area contributed by atoms with Gasteiger partial charge in [0.2, 0.25) is 10.0 Å². The van der Waals surface area contributed by atoms with Crippen LogP contribution in [0.1, 0.15) is 18.1 Å². The van der Waals surface area contributed by atoms with Gasteiger partial charge < -0.3 is 10.1 Å². The highest BCUT2D eigenvalue weighted by atomic mass is 32.2. The first-order valence-corrected chi connectivity index (χ1v) is 10.00. The van der Waals surface area contributed by atoms with E-state index in [4.69, 9.17) is 4.74 Å². The Morgan fingerprint density at radius 1 is 1.07 bits per heavy atom. The summed E-state index contributed by atoms with van der Waals surface area (Å²) in [6, 6.07) is 7.09. The number of amides is 1. The topological polar surface area (TPSA) is 102 Å². The van der Waals surface area contributed by atoms with Crippen molar-refractivity contribution in [1.29, 1.82) is 0 Å². The van der Waals surface area contributed by atoms with Crippen LogP contribution in [0.2, 0.25) is 0 Å². The van der Waals surface area contributed by atoms with Crippen LogP contribution in [0.25, 0.3) is 0 Å². The molecule has 1 unspecified atom stereocenters. The van der Waals surface area contributed by atoms with Crippen molar-refractivity contribution in [2.75, 3.05) is 11.9 Å². The second kappa shape index (κ2) is 9.10. The van der Waals surface area contributed by atoms with Crippen LogP contribution in [0.4, 0.5) is 14.5 Å². The van der Waals surface area contributed by atoms with Crippen molar-refractivity contribution in [3.8, 4) is 0 Å². The molecule has 0 heterocycles. The average Bonchev–Trinajstić information content (AvgIpc) is 2.64. The Balaban J connectivity index is 1.92. The van der Waals surface area contributed by atoms with Gasteiger partial charge in [-0.2, -0.15) is 4.72 Å². The monoisotopic (exact) mass is 426 g/mol. The molecule has 0 fully saturated rings. The molecule has 0 aliphatic rings. The van der Waals surface area contributed by atoms with Crippen LogP contribution in [-0.2, 0) is 24.3 Å². The van der Waals surface area contributed by atoms with E-state index in [0.717, 1.165) is 23.3 Å². The second-order valence-corrected chi connectivity index (χ2v) is 8.08. The van der Waals surface area contributed by atoms with Gasteiger partial charge in [-0.3, -0.25) is 9.59 Å². The Morgan fingerprint density at radius 2 is 1.76 bits per heavy atom. The summed E-state index contributed by atoms with van der Waals surface area (Å²) in [5.74, 6) is -3.66. The lowest BCUT2D eigenvalue weighted by atomic mass is 10.1. The molecule has 2 aromatic carbocycles. The third-order valence-electron chi connectivity index (χ3n) is 4.06. The van der Waals surface area contributed by atoms with Crippen LogP contribution < -0.4 is 10.0 Å². The third kappa shape index (κ3) is 6.06. The number of sulfonamides is 1. The molecule has 0 aliphatic carbocycles. The number of nitrogens with one attached hydrogen (secondary N) is 2. The van der Waals surface area contributed by atoms with Gasteiger partial charge in [-0.15, -0.1) is 0 Å². The number of hydrogen-bond donors (Lipinski definition) is 2. The third-order valence-corrected chi connectivity index (χ3v) is 5.46. The Morgan fingerprint density at radius 3 is 2.38 bits per heavy atom. The zero-order chi connectivity index (χ0) is 21.8. The maximum Gasteiger partial charge on any atom is 0.321 e. The maximum atomic E-state index is 13.6. The van der Waals surface area contributed by atoms with Gasteiger partial charge in [0, 0.05) is 6.07 Å². The SMILES string of the molecule is Cc1ccc(S(=O)(=O)NCC(=O)OC(C)C(=O)Nc2ccc(F)cc2F)cc1C. The summed E-state index contributed by atoms with van der Waals surface area (Å²) in [7, 11) is -3.95. The molecule has 156 valence electrons. The van der Waals surface area contributed by atoms with Crippen LogP contribution in [0.5, 0.6) is 0 Å². The molecule has 2 rings (SSSR count). The number of aryl methyl sites for hydroxylation is 2. The normalized spacial score (nSPS) is 12.3. The van der Waals surface area contributed by atoms with E-state index >= 15 is 0 Å². The van der Waals surface area contributed by atoms with Crippen LogP contribution in [-0.4, -0.2) is 32.9 Å². The lowest BCUT2D eigenvalue weighted by Gasteiger charge is -2.14. The molecule has 10 heteroatoms. The van der Waals surface area contributed by atoms with E-state index in [9.17, 15) is 26.8 Å². The van der Waals surface area contributed by atoms with Gasteiger partial charge in [0.1, 0.15) is 18.2 Å². The molecule has 29 heavy (non-hydrogen) atoms. The fraction of sp³-hybridized carbons (Fsp3) is 0.263. The van der Waals surface area contributed by atoms with E-state index in [1.807, 2.05) is 6.92 Å². The maximum absolute atomic E-state index is 13.6. The van der Waals surface area contributed by atoms with Crippen molar-refractivity contribution in [2.45, 2.75) is 31.8 Å². The van der Waals surface area contributed by atoms with Gasteiger partial charge in [-0.05, 0) is 56.2 Å². The summed E-state index contributed by atoms with van der Waals surface area (Å²) in [6.45, 7) is 4.12. The van der Waals surface area contributed by atoms with Crippen molar-refractivity contribution in [2.24, 2.45) is 0 Å². The Kier molecular flexibility index (Phi) is 7.04. The Labute approximate surface area is 167 Å². The van der Waals surface area contributed by atoms with Crippen LogP contribution in [0, 0.1) is 25.5 Å². The van der Waals surface area contributed by atoms with E-state index < -0.39 is 46.2 Å². The van der Waals surface area contributed by atoms with E-state index in [2.05, 4.69) is 10.0 Å². The summed E-state index contributed by atoms with van der Waals surface area (Å²) in [5.41, 5.74) is 1.41. The summed E-state index contributed by atoms with van der Waals surface area (Å²) >= 11 is 0. The molecular formula is C19H20F2N2O5S. The highest BCUT2D eigenvalue weighted by Gasteiger charge is 2.21. The standard InChI is InChI=1S/C19H20F2N2O5S/c1-11-4-6-15(8-12(11)2)29(26,27)22-10-18(24)28-13(3)19(25)23-17-7-5-14(20)9-16(17)21/h4-9,13,22H,10H2,1-3H3,(H,23,25). The highest BCUT2D eigenvalue weighted by Crippen LogP contribution is 2.16. The first-order valence-electron chi connectivity index (χ1n) is 8.52. The van der Waals surface area contributed by atoms with Crippen LogP contribution in [0.15, 0.2) is 41.3 Å². The molecule has 0 bridgehead atoms. The molecule has 1 amide bonds. The predicted molar refractivity (Wildman–Crippen MR) is 102 cm³/mol. The highest BCUT2D eigenvalue weighted by molar-refractivity contribution is 7.89. The minimum absolute atomic E-state index is 0.00836. The number of halogens is 2.